The van der Waals surface area contributed by atoms with Crippen molar-refractivity contribution in [3.05, 3.63) is 0 Å². The lowest BCUT2D eigenvalue weighted by molar-refractivity contribution is -0.360. The minimum Gasteiger partial charge on any atom is -0.463 e. The predicted octanol–water partition coefficient (Wildman–Crippen LogP) is 19.3. The number of carbonyl (C=O) groups excluding carboxylic acids is 4. The van der Waals surface area contributed by atoms with Gasteiger partial charge in [0.15, 0.2) is 24.8 Å². The van der Waals surface area contributed by atoms with Crippen molar-refractivity contribution in [3.8, 4) is 0 Å². The maximum absolute atomic E-state index is 14.9. The van der Waals surface area contributed by atoms with Gasteiger partial charge in [0.2, 0.25) is 0 Å². The topological polar surface area (TPSA) is 380 Å². The summed E-state index contributed by atoms with van der Waals surface area (Å²) in [6, 6.07) is 0. The van der Waals surface area contributed by atoms with Gasteiger partial charge in [0.25, 0.3) is 0 Å². The Morgan fingerprint density at radius 3 is 0.901 bits per heavy atom. The van der Waals surface area contributed by atoms with Gasteiger partial charge in [-0.15, -0.1) is 0 Å². The molecule has 26 heteroatoms. The number of phosphoric ester groups is 1. The van der Waals surface area contributed by atoms with Crippen molar-refractivity contribution < 1.29 is 122 Å². The monoisotopic (exact) mass is 1750 g/mol. The van der Waals surface area contributed by atoms with E-state index in [0.717, 1.165) is 128 Å². The maximum atomic E-state index is 14.9. The summed E-state index contributed by atoms with van der Waals surface area (Å²) in [7, 11) is -5.80. The zero-order chi connectivity index (χ0) is 88.2. The van der Waals surface area contributed by atoms with Crippen LogP contribution in [0.3, 0.4) is 0 Å². The van der Waals surface area contributed by atoms with Crippen LogP contribution in [0.4, 0.5) is 0 Å². The van der Waals surface area contributed by atoms with Gasteiger partial charge in [0, 0.05) is 25.7 Å². The number of hydrogen-bond acceptors (Lipinski definition) is 24. The Balaban J connectivity index is 1.89. The first-order valence-electron chi connectivity index (χ1n) is 49.8. The minimum atomic E-state index is -5.80. The summed E-state index contributed by atoms with van der Waals surface area (Å²) in [5, 5.41) is 103. The molecule has 0 aromatic rings. The summed E-state index contributed by atoms with van der Waals surface area (Å²) in [6.45, 7) is 5.68. The molecule has 0 bridgehead atoms. The molecule has 18 atom stereocenters. The molecule has 3 rings (SSSR count). The van der Waals surface area contributed by atoms with Gasteiger partial charge in [-0.2, -0.15) is 0 Å². The fourth-order valence-corrected chi connectivity index (χ4v) is 17.7. The lowest BCUT2D eigenvalue weighted by Gasteiger charge is -2.50. The molecule has 1 saturated carbocycles. The van der Waals surface area contributed by atoms with Gasteiger partial charge in [0.05, 0.1) is 13.2 Å². The highest BCUT2D eigenvalue weighted by molar-refractivity contribution is 7.47. The molecule has 0 spiro atoms. The van der Waals surface area contributed by atoms with Crippen LogP contribution in [0.2, 0.25) is 0 Å². The van der Waals surface area contributed by atoms with Crippen LogP contribution >= 0.6 is 7.82 Å². The Labute approximate surface area is 731 Å². The number of ether oxygens (including phenoxy) is 8. The van der Waals surface area contributed by atoms with Gasteiger partial charge < -0.3 is 88.7 Å². The normalized spacial score (nSPS) is 24.5. The van der Waals surface area contributed by atoms with Crippen LogP contribution in [0.25, 0.3) is 0 Å². The van der Waals surface area contributed by atoms with E-state index in [1.165, 1.54) is 238 Å². The van der Waals surface area contributed by atoms with Crippen LogP contribution in [-0.4, -0.2) is 205 Å². The molecule has 714 valence electrons. The van der Waals surface area contributed by atoms with Crippen molar-refractivity contribution in [2.75, 3.05) is 26.4 Å². The molecule has 10 N–H and O–H groups in total. The Morgan fingerprint density at radius 1 is 0.298 bits per heavy atom. The first kappa shape index (κ1) is 113. The molecule has 0 aromatic carbocycles. The highest BCUT2D eigenvalue weighted by Crippen LogP contribution is 2.49. The summed E-state index contributed by atoms with van der Waals surface area (Å²) in [5.74, 6) is -2.93. The largest absolute Gasteiger partial charge is 0.472 e. The molecule has 25 nitrogen and oxygen atoms in total. The van der Waals surface area contributed by atoms with E-state index >= 15 is 0 Å². The van der Waals surface area contributed by atoms with Crippen molar-refractivity contribution in [2.45, 2.75) is 556 Å². The summed E-state index contributed by atoms with van der Waals surface area (Å²) >= 11 is 0. The van der Waals surface area contributed by atoms with E-state index in [9.17, 15) is 74.6 Å². The summed E-state index contributed by atoms with van der Waals surface area (Å²) in [4.78, 5) is 66.6. The quantitative estimate of drug-likeness (QED) is 0.0117. The van der Waals surface area contributed by atoms with Crippen LogP contribution in [0.15, 0.2) is 0 Å². The SMILES string of the molecule is CCCCCCCCCCCCCCCCCCC(=O)OC(COC(=O)CCCCCCCCCCCCCCCCC)COP(=O)(O)OC1C(OC2OC(CO)C(O)C(O)C2O)C(O)C(O)C(OC(=O)CCCCCCCCCCCCCCCCCC)C1OC1OC(COC(=O)CCCCCCCCCCCCCCCCC)C(O)C(O)C1O. The molecule has 0 aromatic heterocycles. The summed E-state index contributed by atoms with van der Waals surface area (Å²) in [5.41, 5.74) is 0. The highest BCUT2D eigenvalue weighted by Gasteiger charge is 2.60. The lowest BCUT2D eigenvalue weighted by atomic mass is 9.84. The number of phosphoric acid groups is 1. The average Bonchev–Trinajstić information content (AvgIpc) is 0.753. The van der Waals surface area contributed by atoms with E-state index in [1.54, 1.807) is 0 Å². The van der Waals surface area contributed by atoms with Crippen LogP contribution < -0.4 is 0 Å². The van der Waals surface area contributed by atoms with Crippen molar-refractivity contribution in [1.82, 2.24) is 0 Å². The van der Waals surface area contributed by atoms with Gasteiger partial charge in [-0.25, -0.2) is 4.57 Å². The predicted molar refractivity (Wildman–Crippen MR) is 472 cm³/mol. The van der Waals surface area contributed by atoms with Gasteiger partial charge >= 0.3 is 31.7 Å². The number of unbranched alkanes of at least 4 members (excludes halogenated alkanes) is 58. The molecule has 2 saturated heterocycles. The molecule has 3 fully saturated rings. The standard InChI is InChI=1S/C95H179O25P/c1-5-9-13-17-21-25-29-33-37-41-45-49-53-57-61-65-69-80(99)114-75(72-111-78(97)67-63-59-55-51-47-43-39-35-31-27-23-19-15-11-7-3)73-113-121(109,110)120-93-91(118-94-88(107)84(103)82(101)76(71-96)115-94)87(106)86(105)90(117-81(100)70-66-62-58-54-50-46-42-38-34-30-26-22-18-14-10-6-2)92(93)119-95-89(108)85(104)83(102)77(116-95)74-112-79(98)68-64-60-56-52-48-44-40-36-32-28-24-20-16-12-8-4/h75-77,82-96,101-108H,5-74H2,1-4H3,(H,109,110). The Hall–Kier alpha value is -2.53. The molecule has 2 heterocycles. The Kier molecular flexibility index (Phi) is 69.1. The van der Waals surface area contributed by atoms with Gasteiger partial charge in [-0.3, -0.25) is 28.2 Å². The molecule has 1 aliphatic carbocycles. The van der Waals surface area contributed by atoms with Gasteiger partial charge in [-0.1, -0.05) is 400 Å². The number of rotatable bonds is 82. The Bertz CT molecular complexity index is 2500. The van der Waals surface area contributed by atoms with Crippen molar-refractivity contribution in [1.29, 1.82) is 0 Å². The molecular weight excluding hydrogens is 1570 g/mol. The molecule has 121 heavy (non-hydrogen) atoms. The average molecular weight is 1750 g/mol. The van der Waals surface area contributed by atoms with E-state index < -0.39 is 162 Å². The van der Waals surface area contributed by atoms with Crippen LogP contribution in [0, 0.1) is 0 Å². The van der Waals surface area contributed by atoms with E-state index in [4.69, 9.17) is 46.9 Å². The number of aliphatic hydroxyl groups excluding tert-OH is 9. The minimum absolute atomic E-state index is 0.0204. The van der Waals surface area contributed by atoms with Crippen molar-refractivity contribution in [3.63, 3.8) is 0 Å². The summed E-state index contributed by atoms with van der Waals surface area (Å²) < 4.78 is 73.6. The Morgan fingerprint density at radius 2 is 0.570 bits per heavy atom. The second-order valence-electron chi connectivity index (χ2n) is 35.7. The fourth-order valence-electron chi connectivity index (χ4n) is 16.7. The third-order valence-electron chi connectivity index (χ3n) is 24.6. The zero-order valence-corrected chi connectivity index (χ0v) is 77.2. The first-order valence-corrected chi connectivity index (χ1v) is 51.3. The van der Waals surface area contributed by atoms with Gasteiger partial charge in [-0.05, 0) is 25.7 Å². The van der Waals surface area contributed by atoms with E-state index in [-0.39, 0.29) is 25.7 Å². The van der Waals surface area contributed by atoms with Crippen molar-refractivity contribution >= 4 is 31.7 Å². The third kappa shape index (κ3) is 53.9. The summed E-state index contributed by atoms with van der Waals surface area (Å²) in [6.07, 6.45) is 33.4. The van der Waals surface area contributed by atoms with Crippen LogP contribution in [0.5, 0.6) is 0 Å². The molecule has 0 amide bonds. The van der Waals surface area contributed by atoms with Gasteiger partial charge in [0.1, 0.15) is 92.6 Å². The highest BCUT2D eigenvalue weighted by atomic mass is 31.2. The number of carbonyl (C=O) groups is 4. The zero-order valence-electron chi connectivity index (χ0n) is 76.4. The van der Waals surface area contributed by atoms with Crippen molar-refractivity contribution in [2.24, 2.45) is 0 Å². The molecular formula is C95H179O25P. The number of aliphatic hydroxyl groups is 9. The van der Waals surface area contributed by atoms with Crippen LogP contribution in [-0.2, 0) is 70.7 Å². The molecule has 18 unspecified atom stereocenters. The second-order valence-corrected chi connectivity index (χ2v) is 37.1. The van der Waals surface area contributed by atoms with E-state index in [2.05, 4.69) is 27.7 Å². The molecule has 3 aliphatic rings. The second kappa shape index (κ2) is 74.3. The lowest BCUT2D eigenvalue weighted by Crippen LogP contribution is -2.70. The van der Waals surface area contributed by atoms with E-state index in [1.807, 2.05) is 0 Å². The number of hydrogen-bond donors (Lipinski definition) is 10. The third-order valence-corrected chi connectivity index (χ3v) is 25.6. The smallest absolute Gasteiger partial charge is 0.463 e. The van der Waals surface area contributed by atoms with Crippen LogP contribution in [0.1, 0.15) is 451 Å². The van der Waals surface area contributed by atoms with E-state index in [0.29, 0.717) is 32.1 Å². The number of esters is 4. The fraction of sp³-hybridized carbons (Fsp3) is 0.958. The maximum Gasteiger partial charge on any atom is 0.472 e. The first-order chi connectivity index (χ1) is 58.7. The molecule has 2 aliphatic heterocycles. The molecule has 0 radical (unpaired) electrons.